The topological polar surface area (TPSA) is 77.5 Å². The van der Waals surface area contributed by atoms with Gasteiger partial charge in [0.05, 0.1) is 11.7 Å². The van der Waals surface area contributed by atoms with E-state index in [-0.39, 0.29) is 0 Å². The number of amides is 1. The molecule has 2 aliphatic rings. The maximum atomic E-state index is 13.2. The Hall–Kier alpha value is -2.49. The maximum Gasteiger partial charge on any atom is 0.315 e. The van der Waals surface area contributed by atoms with Gasteiger partial charge in [0, 0.05) is 36.9 Å². The third kappa shape index (κ3) is 5.54. The minimum Gasteiger partial charge on any atom is -0.386 e. The number of aromatic nitrogens is 1. The molecule has 3 heterocycles. The molecule has 9 heteroatoms. The number of aliphatic hydroxyl groups is 1. The van der Waals surface area contributed by atoms with E-state index in [1.165, 1.54) is 19.3 Å². The van der Waals surface area contributed by atoms with Crippen LogP contribution in [0.15, 0.2) is 42.6 Å². The summed E-state index contributed by atoms with van der Waals surface area (Å²) in [6.45, 7) is 2.86. The van der Waals surface area contributed by atoms with Gasteiger partial charge in [0.25, 0.3) is 5.91 Å². The van der Waals surface area contributed by atoms with Crippen LogP contribution >= 0.6 is 0 Å². The Morgan fingerprint density at radius 1 is 1.15 bits per heavy atom. The van der Waals surface area contributed by atoms with E-state index in [1.807, 2.05) is 17.4 Å². The lowest BCUT2D eigenvalue weighted by molar-refractivity contribution is -0.133. The van der Waals surface area contributed by atoms with Crippen LogP contribution in [0.3, 0.4) is 0 Å². The molecule has 2 aliphatic heterocycles. The molecule has 1 aromatic heterocycles. The second-order valence-corrected chi connectivity index (χ2v) is 8.98. The van der Waals surface area contributed by atoms with Gasteiger partial charge in [-0.1, -0.05) is 36.8 Å². The predicted octanol–water partition coefficient (Wildman–Crippen LogP) is 2.83. The molecule has 1 spiro atoms. The molecule has 1 aromatic carbocycles. The standard InChI is InChI=1S/C24H29F3N4O2/c25-11-20(30-23(33)22(26)27)21(32)17-5-3-16(4-6-17)18-7-8-19(28-12-18)13-31-14-24(15-31)9-1-2-10-29-24/h3-8,12,20-22,29,32H,1-2,9-11,13-15H2,(H,30,33). The summed E-state index contributed by atoms with van der Waals surface area (Å²) in [4.78, 5) is 18.1. The van der Waals surface area contributed by atoms with Crippen molar-refractivity contribution in [1.82, 2.24) is 20.5 Å². The molecular weight excluding hydrogens is 433 g/mol. The number of carbonyl (C=O) groups is 1. The summed E-state index contributed by atoms with van der Waals surface area (Å²) in [6.07, 6.45) is 0.882. The zero-order valence-corrected chi connectivity index (χ0v) is 18.3. The minimum absolute atomic E-state index is 0.300. The number of aliphatic hydroxyl groups excluding tert-OH is 1. The molecule has 178 valence electrons. The first-order chi connectivity index (χ1) is 15.9. The van der Waals surface area contributed by atoms with Crippen molar-refractivity contribution in [1.29, 1.82) is 0 Å². The number of rotatable bonds is 8. The molecular formula is C24H29F3N4O2. The number of piperidine rings is 1. The fraction of sp³-hybridized carbons (Fsp3) is 0.500. The highest BCUT2D eigenvalue weighted by molar-refractivity contribution is 5.79. The highest BCUT2D eigenvalue weighted by atomic mass is 19.3. The Labute approximate surface area is 191 Å². The van der Waals surface area contributed by atoms with Gasteiger partial charge in [0.15, 0.2) is 0 Å². The predicted molar refractivity (Wildman–Crippen MR) is 118 cm³/mol. The van der Waals surface area contributed by atoms with Gasteiger partial charge in [0.1, 0.15) is 12.8 Å². The molecule has 6 nitrogen and oxygen atoms in total. The number of nitrogens with zero attached hydrogens (tertiary/aromatic N) is 2. The number of pyridine rings is 1. The van der Waals surface area contributed by atoms with Crippen molar-refractivity contribution in [2.24, 2.45) is 0 Å². The second-order valence-electron chi connectivity index (χ2n) is 8.98. The van der Waals surface area contributed by atoms with Gasteiger partial charge in [-0.3, -0.25) is 14.7 Å². The lowest BCUT2D eigenvalue weighted by Crippen LogP contribution is -2.69. The number of hydrogen-bond donors (Lipinski definition) is 3. The van der Waals surface area contributed by atoms with Crippen LogP contribution in [0.25, 0.3) is 11.1 Å². The molecule has 33 heavy (non-hydrogen) atoms. The molecule has 3 N–H and O–H groups in total. The van der Waals surface area contributed by atoms with Gasteiger partial charge in [-0.2, -0.15) is 8.78 Å². The first kappa shape index (κ1) is 23.7. The Bertz CT molecular complexity index is 926. The number of likely N-dealkylation sites (tertiary alicyclic amines) is 1. The van der Waals surface area contributed by atoms with Crippen LogP contribution < -0.4 is 10.6 Å². The molecule has 2 fully saturated rings. The zero-order valence-electron chi connectivity index (χ0n) is 18.3. The lowest BCUT2D eigenvalue weighted by Gasteiger charge is -2.52. The molecule has 2 atom stereocenters. The van der Waals surface area contributed by atoms with E-state index >= 15 is 0 Å². The normalized spacial score (nSPS) is 19.8. The van der Waals surface area contributed by atoms with Gasteiger partial charge >= 0.3 is 6.43 Å². The molecule has 1 amide bonds. The van der Waals surface area contributed by atoms with Gasteiger partial charge in [0.2, 0.25) is 0 Å². The van der Waals surface area contributed by atoms with E-state index < -0.39 is 31.2 Å². The molecule has 2 saturated heterocycles. The number of benzene rings is 1. The third-order valence-electron chi connectivity index (χ3n) is 6.50. The van der Waals surface area contributed by atoms with Gasteiger partial charge in [-0.05, 0) is 36.6 Å². The minimum atomic E-state index is -3.27. The second kappa shape index (κ2) is 10.2. The Balaban J connectivity index is 1.33. The summed E-state index contributed by atoms with van der Waals surface area (Å²) in [5.74, 6) is -1.61. The van der Waals surface area contributed by atoms with Crippen molar-refractivity contribution < 1.29 is 23.1 Å². The fourth-order valence-corrected chi connectivity index (χ4v) is 4.69. The van der Waals surface area contributed by atoms with Gasteiger partial charge < -0.3 is 15.7 Å². The summed E-state index contributed by atoms with van der Waals surface area (Å²) >= 11 is 0. The number of halogens is 3. The quantitative estimate of drug-likeness (QED) is 0.563. The summed E-state index contributed by atoms with van der Waals surface area (Å²) in [6, 6.07) is 9.19. The monoisotopic (exact) mass is 462 g/mol. The molecule has 0 aliphatic carbocycles. The Kier molecular flexibility index (Phi) is 7.31. The molecule has 4 rings (SSSR count). The zero-order chi connectivity index (χ0) is 23.4. The number of nitrogens with one attached hydrogen (secondary N) is 2. The van der Waals surface area contributed by atoms with Crippen LogP contribution in [-0.2, 0) is 11.3 Å². The summed E-state index contributed by atoms with van der Waals surface area (Å²) in [5, 5.41) is 15.8. The van der Waals surface area contributed by atoms with Crippen LogP contribution in [0.4, 0.5) is 13.2 Å². The molecule has 0 radical (unpaired) electrons. The van der Waals surface area contributed by atoms with Crippen molar-refractivity contribution in [2.45, 2.75) is 49.9 Å². The largest absolute Gasteiger partial charge is 0.386 e. The Morgan fingerprint density at radius 2 is 1.88 bits per heavy atom. The van der Waals surface area contributed by atoms with Crippen molar-refractivity contribution in [3.05, 3.63) is 53.9 Å². The van der Waals surface area contributed by atoms with Crippen LogP contribution in [0.2, 0.25) is 0 Å². The van der Waals surface area contributed by atoms with Crippen molar-refractivity contribution in [2.75, 3.05) is 26.3 Å². The average molecular weight is 463 g/mol. The van der Waals surface area contributed by atoms with Crippen molar-refractivity contribution >= 4 is 5.91 Å². The maximum absolute atomic E-state index is 13.2. The van der Waals surface area contributed by atoms with Crippen LogP contribution in [-0.4, -0.2) is 65.2 Å². The van der Waals surface area contributed by atoms with Gasteiger partial charge in [-0.15, -0.1) is 0 Å². The number of hydrogen-bond acceptors (Lipinski definition) is 5. The van der Waals surface area contributed by atoms with Gasteiger partial charge in [-0.25, -0.2) is 4.39 Å². The van der Waals surface area contributed by atoms with E-state index in [1.54, 1.807) is 30.5 Å². The van der Waals surface area contributed by atoms with E-state index in [2.05, 4.69) is 15.2 Å². The molecule has 0 bridgehead atoms. The molecule has 2 aromatic rings. The number of carbonyl (C=O) groups excluding carboxylic acids is 1. The lowest BCUT2D eigenvalue weighted by atomic mass is 9.82. The highest BCUT2D eigenvalue weighted by Gasteiger charge is 2.43. The fourth-order valence-electron chi connectivity index (χ4n) is 4.69. The van der Waals surface area contributed by atoms with Crippen LogP contribution in [0.1, 0.15) is 36.6 Å². The summed E-state index contributed by atoms with van der Waals surface area (Å²) in [7, 11) is 0. The molecule has 2 unspecified atom stereocenters. The summed E-state index contributed by atoms with van der Waals surface area (Å²) < 4.78 is 38.0. The van der Waals surface area contributed by atoms with Crippen LogP contribution in [0.5, 0.6) is 0 Å². The van der Waals surface area contributed by atoms with Crippen molar-refractivity contribution in [3.63, 3.8) is 0 Å². The van der Waals surface area contributed by atoms with E-state index in [0.29, 0.717) is 11.1 Å². The van der Waals surface area contributed by atoms with Crippen LogP contribution in [0, 0.1) is 0 Å². The van der Waals surface area contributed by atoms with E-state index in [4.69, 9.17) is 0 Å². The Morgan fingerprint density at radius 3 is 2.45 bits per heavy atom. The summed E-state index contributed by atoms with van der Waals surface area (Å²) in [5.41, 5.74) is 3.36. The first-order valence-corrected chi connectivity index (χ1v) is 11.2. The van der Waals surface area contributed by atoms with Crippen molar-refractivity contribution in [3.8, 4) is 11.1 Å². The smallest absolute Gasteiger partial charge is 0.315 e. The third-order valence-corrected chi connectivity index (χ3v) is 6.50. The first-order valence-electron chi connectivity index (χ1n) is 11.2. The molecule has 0 saturated carbocycles. The number of alkyl halides is 3. The van der Waals surface area contributed by atoms with E-state index in [0.717, 1.165) is 43.0 Å². The highest BCUT2D eigenvalue weighted by Crippen LogP contribution is 2.30. The SMILES string of the molecule is O=C(NC(CF)C(O)c1ccc(-c2ccc(CN3CC4(CCCCN4)C3)nc2)cc1)C(F)F. The average Bonchev–Trinajstić information content (AvgIpc) is 2.82. The van der Waals surface area contributed by atoms with E-state index in [9.17, 15) is 23.1 Å².